The van der Waals surface area contributed by atoms with Crippen molar-refractivity contribution in [1.29, 1.82) is 0 Å². The van der Waals surface area contributed by atoms with Gasteiger partial charge in [-0.3, -0.25) is 4.79 Å². The number of anilines is 1. The Morgan fingerprint density at radius 3 is 2.94 bits per heavy atom. The van der Waals surface area contributed by atoms with Crippen LogP contribution in [-0.4, -0.2) is 17.3 Å². The van der Waals surface area contributed by atoms with E-state index in [9.17, 15) is 4.79 Å². The molecule has 0 atom stereocenters. The third kappa shape index (κ3) is 2.09. The molecule has 0 radical (unpaired) electrons. The Morgan fingerprint density at radius 1 is 1.44 bits per heavy atom. The van der Waals surface area contributed by atoms with Gasteiger partial charge < -0.3 is 10.5 Å². The molecule has 0 unspecified atom stereocenters. The van der Waals surface area contributed by atoms with Crippen LogP contribution in [0.2, 0.25) is 0 Å². The fourth-order valence-electron chi connectivity index (χ4n) is 2.00. The molecule has 2 rings (SSSR count). The summed E-state index contributed by atoms with van der Waals surface area (Å²) in [4.78, 5) is 11.3. The Bertz CT molecular complexity index is 458. The fraction of sp³-hybridized carbons (Fsp3) is 0.273. The lowest BCUT2D eigenvalue weighted by molar-refractivity contribution is -0.110. The summed E-state index contributed by atoms with van der Waals surface area (Å²) in [6.07, 6.45) is 3.96. The molecule has 0 fully saturated rings. The molecule has 0 aliphatic heterocycles. The maximum Gasteiger partial charge on any atom is 0.270 e. The van der Waals surface area contributed by atoms with Crippen LogP contribution in [0.1, 0.15) is 17.5 Å². The number of nitrogens with zero attached hydrogens (tertiary/aromatic N) is 1. The summed E-state index contributed by atoms with van der Waals surface area (Å²) in [6.45, 7) is 0. The molecule has 1 aromatic carbocycles. The summed E-state index contributed by atoms with van der Waals surface area (Å²) >= 11 is 3.50. The first kappa shape index (κ1) is 11.1. The lowest BCUT2D eigenvalue weighted by atomic mass is 10.1. The van der Waals surface area contributed by atoms with E-state index in [0.717, 1.165) is 35.6 Å². The first-order valence-electron chi connectivity index (χ1n) is 5.01. The first-order chi connectivity index (χ1) is 7.72. The zero-order chi connectivity index (χ0) is 11.5. The monoisotopic (exact) mass is 282 g/mol. The van der Waals surface area contributed by atoms with Crippen molar-refractivity contribution in [3.05, 3.63) is 27.7 Å². The molecular weight excluding hydrogens is 272 g/mol. The third-order valence-electron chi connectivity index (χ3n) is 2.66. The first-order valence-corrected chi connectivity index (χ1v) is 5.80. The fourth-order valence-corrected chi connectivity index (χ4v) is 2.57. The summed E-state index contributed by atoms with van der Waals surface area (Å²) in [5.74, 6) is -0.418. The minimum absolute atomic E-state index is 0.418. The Labute approximate surface area is 101 Å². The van der Waals surface area contributed by atoms with E-state index >= 15 is 0 Å². The van der Waals surface area contributed by atoms with Crippen molar-refractivity contribution in [3.63, 3.8) is 0 Å². The van der Waals surface area contributed by atoms with Crippen molar-refractivity contribution in [2.75, 3.05) is 5.32 Å². The molecule has 1 aliphatic carbocycles. The molecule has 0 heterocycles. The summed E-state index contributed by atoms with van der Waals surface area (Å²) in [7, 11) is 0. The van der Waals surface area contributed by atoms with Crippen LogP contribution in [0.25, 0.3) is 0 Å². The van der Waals surface area contributed by atoms with E-state index in [1.54, 1.807) is 0 Å². The van der Waals surface area contributed by atoms with Gasteiger partial charge in [-0.25, -0.2) is 0 Å². The van der Waals surface area contributed by atoms with E-state index in [4.69, 9.17) is 5.21 Å². The van der Waals surface area contributed by atoms with E-state index in [1.807, 2.05) is 12.1 Å². The number of rotatable bonds is 2. The number of oxime groups is 1. The number of hydrogen-bond acceptors (Lipinski definition) is 3. The van der Waals surface area contributed by atoms with Gasteiger partial charge in [0, 0.05) is 10.2 Å². The van der Waals surface area contributed by atoms with E-state index < -0.39 is 5.91 Å². The van der Waals surface area contributed by atoms with Crippen molar-refractivity contribution in [2.45, 2.75) is 19.3 Å². The molecule has 0 aromatic heterocycles. The molecule has 2 N–H and O–H groups in total. The van der Waals surface area contributed by atoms with Crippen molar-refractivity contribution in [3.8, 4) is 0 Å². The number of amides is 1. The second-order valence-corrected chi connectivity index (χ2v) is 4.49. The van der Waals surface area contributed by atoms with Crippen LogP contribution in [0.15, 0.2) is 21.8 Å². The predicted octanol–water partition coefficient (Wildman–Crippen LogP) is 2.34. The van der Waals surface area contributed by atoms with Crippen molar-refractivity contribution in [1.82, 2.24) is 0 Å². The normalized spacial score (nSPS) is 14.1. The molecule has 0 saturated carbocycles. The minimum Gasteiger partial charge on any atom is -0.411 e. The van der Waals surface area contributed by atoms with Gasteiger partial charge in [-0.15, -0.1) is 0 Å². The van der Waals surface area contributed by atoms with Crippen LogP contribution >= 0.6 is 15.9 Å². The molecule has 16 heavy (non-hydrogen) atoms. The largest absolute Gasteiger partial charge is 0.411 e. The number of fused-ring (bicyclic) bond motifs is 1. The number of carbonyl (C=O) groups is 1. The summed E-state index contributed by atoms with van der Waals surface area (Å²) in [5, 5.41) is 13.7. The highest BCUT2D eigenvalue weighted by atomic mass is 79.9. The van der Waals surface area contributed by atoms with Crippen LogP contribution in [0.4, 0.5) is 5.69 Å². The van der Waals surface area contributed by atoms with E-state index in [1.165, 1.54) is 11.1 Å². The average Bonchev–Trinajstić information content (AvgIpc) is 2.72. The van der Waals surface area contributed by atoms with Crippen LogP contribution in [0.5, 0.6) is 0 Å². The lowest BCUT2D eigenvalue weighted by Crippen LogP contribution is -2.14. The number of nitrogens with one attached hydrogen (secondary N) is 1. The highest BCUT2D eigenvalue weighted by Gasteiger charge is 2.18. The van der Waals surface area contributed by atoms with Crippen LogP contribution in [0, 0.1) is 0 Å². The molecular formula is C11H11BrN2O2. The second kappa shape index (κ2) is 4.65. The smallest absolute Gasteiger partial charge is 0.270 e. The van der Waals surface area contributed by atoms with Gasteiger partial charge in [-0.2, -0.15) is 0 Å². The maximum atomic E-state index is 11.3. The van der Waals surface area contributed by atoms with Crippen LogP contribution < -0.4 is 5.32 Å². The van der Waals surface area contributed by atoms with E-state index in [0.29, 0.717) is 0 Å². The van der Waals surface area contributed by atoms with Crippen molar-refractivity contribution >= 4 is 33.7 Å². The molecule has 0 spiro atoms. The maximum absolute atomic E-state index is 11.3. The van der Waals surface area contributed by atoms with Gasteiger partial charge in [-0.05, 0) is 42.5 Å². The summed E-state index contributed by atoms with van der Waals surface area (Å²) in [5.41, 5.74) is 3.24. The number of benzene rings is 1. The van der Waals surface area contributed by atoms with Gasteiger partial charge in [0.15, 0.2) is 0 Å². The summed E-state index contributed by atoms with van der Waals surface area (Å²) in [6, 6.07) is 3.78. The molecule has 0 bridgehead atoms. The molecule has 1 aliphatic rings. The van der Waals surface area contributed by atoms with Gasteiger partial charge in [0.2, 0.25) is 0 Å². The average molecular weight is 283 g/mol. The zero-order valence-electron chi connectivity index (χ0n) is 8.53. The van der Waals surface area contributed by atoms with E-state index in [2.05, 4.69) is 26.4 Å². The molecule has 84 valence electrons. The highest BCUT2D eigenvalue weighted by molar-refractivity contribution is 9.10. The second-order valence-electron chi connectivity index (χ2n) is 3.64. The Balaban J connectivity index is 2.29. The number of carbonyl (C=O) groups excluding carboxylic acids is 1. The van der Waals surface area contributed by atoms with Gasteiger partial charge in [0.1, 0.15) is 6.21 Å². The van der Waals surface area contributed by atoms with Crippen LogP contribution in [-0.2, 0) is 17.6 Å². The van der Waals surface area contributed by atoms with Crippen molar-refractivity contribution < 1.29 is 10.0 Å². The quantitative estimate of drug-likeness (QED) is 0.497. The molecule has 5 heteroatoms. The molecule has 0 saturated heterocycles. The lowest BCUT2D eigenvalue weighted by Gasteiger charge is -2.09. The predicted molar refractivity (Wildman–Crippen MR) is 65.1 cm³/mol. The highest BCUT2D eigenvalue weighted by Crippen LogP contribution is 2.34. The Morgan fingerprint density at radius 2 is 2.19 bits per heavy atom. The van der Waals surface area contributed by atoms with E-state index in [-0.39, 0.29) is 0 Å². The standard InChI is InChI=1S/C11H11BrN2O2/c12-9-4-5-10(14-11(15)6-13-16)8-3-1-2-7(8)9/h4-6,16H,1-3H2,(H,14,15). The van der Waals surface area contributed by atoms with Gasteiger partial charge in [0.25, 0.3) is 5.91 Å². The zero-order valence-corrected chi connectivity index (χ0v) is 10.1. The molecule has 4 nitrogen and oxygen atoms in total. The minimum atomic E-state index is -0.418. The van der Waals surface area contributed by atoms with Crippen LogP contribution in [0.3, 0.4) is 0 Å². The summed E-state index contributed by atoms with van der Waals surface area (Å²) < 4.78 is 1.09. The third-order valence-corrected chi connectivity index (χ3v) is 3.40. The van der Waals surface area contributed by atoms with Crippen molar-refractivity contribution in [2.24, 2.45) is 5.16 Å². The molecule has 1 aromatic rings. The topological polar surface area (TPSA) is 61.7 Å². The number of halogens is 1. The van der Waals surface area contributed by atoms with Gasteiger partial charge >= 0.3 is 0 Å². The SMILES string of the molecule is O=C(C=NO)Nc1ccc(Br)c2c1CCC2. The van der Waals surface area contributed by atoms with Gasteiger partial charge in [0.05, 0.1) is 0 Å². The Hall–Kier alpha value is -1.36. The molecule has 1 amide bonds. The van der Waals surface area contributed by atoms with Gasteiger partial charge in [-0.1, -0.05) is 21.1 Å². The Kier molecular flexibility index (Phi) is 3.24. The number of hydrogen-bond donors (Lipinski definition) is 2.